The van der Waals surface area contributed by atoms with Gasteiger partial charge in [0.05, 0.1) is 23.1 Å². The van der Waals surface area contributed by atoms with Crippen molar-refractivity contribution < 1.29 is 0 Å². The molecule has 0 bridgehead atoms. The highest BCUT2D eigenvalue weighted by Gasteiger charge is 2.15. The Balaban J connectivity index is 1.52. The molecule has 2 N–H and O–H groups in total. The van der Waals surface area contributed by atoms with Crippen LogP contribution in [0.4, 0.5) is 0 Å². The SMILES string of the molecule is Cc1ccc(-c2ccnc3[nH]c(-c4n[nH]c5ccc(-c6cnccn6)cc45)cc23)s1. The largest absolute Gasteiger partial charge is 0.338 e. The van der Waals surface area contributed by atoms with Crippen molar-refractivity contribution >= 4 is 33.3 Å². The Bertz CT molecular complexity index is 1510. The molecule has 6 aromatic rings. The number of pyridine rings is 1. The Kier molecular flexibility index (Phi) is 3.75. The van der Waals surface area contributed by atoms with Crippen LogP contribution in [0.2, 0.25) is 0 Å². The van der Waals surface area contributed by atoms with Crippen LogP contribution in [0.3, 0.4) is 0 Å². The second-order valence-corrected chi connectivity index (χ2v) is 8.43. The molecule has 0 radical (unpaired) electrons. The second-order valence-electron chi connectivity index (χ2n) is 7.14. The van der Waals surface area contributed by atoms with E-state index in [1.165, 1.54) is 15.3 Å². The van der Waals surface area contributed by atoms with Gasteiger partial charge < -0.3 is 4.98 Å². The van der Waals surface area contributed by atoms with E-state index in [0.29, 0.717) is 0 Å². The number of thiophene rings is 1. The summed E-state index contributed by atoms with van der Waals surface area (Å²) in [5.41, 5.74) is 6.64. The van der Waals surface area contributed by atoms with Crippen LogP contribution in [-0.4, -0.2) is 30.1 Å². The Morgan fingerprint density at radius 1 is 0.900 bits per heavy atom. The number of fused-ring (bicyclic) bond motifs is 2. The molecule has 0 aliphatic heterocycles. The van der Waals surface area contributed by atoms with E-state index >= 15 is 0 Å². The van der Waals surface area contributed by atoms with Crippen molar-refractivity contribution in [2.45, 2.75) is 6.92 Å². The predicted octanol–water partition coefficient (Wildman–Crippen LogP) is 5.60. The minimum Gasteiger partial charge on any atom is -0.338 e. The topological polar surface area (TPSA) is 83.1 Å². The quantitative estimate of drug-likeness (QED) is 0.399. The van der Waals surface area contributed by atoms with Gasteiger partial charge in [0, 0.05) is 50.2 Å². The zero-order chi connectivity index (χ0) is 20.1. The summed E-state index contributed by atoms with van der Waals surface area (Å²) in [6, 6.07) is 14.7. The van der Waals surface area contributed by atoms with Gasteiger partial charge in [0.15, 0.2) is 0 Å². The molecule has 0 saturated carbocycles. The molecule has 5 heterocycles. The summed E-state index contributed by atoms with van der Waals surface area (Å²) in [5.74, 6) is 0. The summed E-state index contributed by atoms with van der Waals surface area (Å²) in [4.78, 5) is 19.1. The Morgan fingerprint density at radius 2 is 1.87 bits per heavy atom. The molecule has 0 saturated heterocycles. The van der Waals surface area contributed by atoms with E-state index in [0.717, 1.165) is 44.6 Å². The van der Waals surface area contributed by atoms with E-state index in [-0.39, 0.29) is 0 Å². The molecule has 5 aromatic heterocycles. The first-order valence-corrected chi connectivity index (χ1v) is 10.4. The monoisotopic (exact) mass is 408 g/mol. The normalized spacial score (nSPS) is 11.5. The van der Waals surface area contributed by atoms with Gasteiger partial charge in [-0.25, -0.2) is 4.98 Å². The number of benzene rings is 1. The number of nitrogens with zero attached hydrogens (tertiary/aromatic N) is 4. The maximum Gasteiger partial charge on any atom is 0.138 e. The van der Waals surface area contributed by atoms with Crippen LogP contribution in [0.1, 0.15) is 4.88 Å². The Morgan fingerprint density at radius 3 is 2.70 bits per heavy atom. The zero-order valence-corrected chi connectivity index (χ0v) is 16.9. The molecule has 30 heavy (non-hydrogen) atoms. The molecular weight excluding hydrogens is 392 g/mol. The van der Waals surface area contributed by atoms with Crippen LogP contribution in [0.15, 0.2) is 67.3 Å². The molecule has 0 fully saturated rings. The van der Waals surface area contributed by atoms with Crippen LogP contribution >= 0.6 is 11.3 Å². The van der Waals surface area contributed by atoms with Crippen molar-refractivity contribution in [3.05, 3.63) is 72.1 Å². The van der Waals surface area contributed by atoms with Gasteiger partial charge in [-0.05, 0) is 43.3 Å². The number of aromatic nitrogens is 6. The van der Waals surface area contributed by atoms with Gasteiger partial charge in [-0.15, -0.1) is 11.3 Å². The summed E-state index contributed by atoms with van der Waals surface area (Å²) in [6.45, 7) is 2.12. The Labute approximate surface area is 175 Å². The number of rotatable bonds is 3. The molecule has 6 rings (SSSR count). The third-order valence-electron chi connectivity index (χ3n) is 5.21. The van der Waals surface area contributed by atoms with Crippen molar-refractivity contribution in [3.63, 3.8) is 0 Å². The fourth-order valence-electron chi connectivity index (χ4n) is 3.78. The number of aryl methyl sites for hydroxylation is 1. The molecule has 0 aliphatic rings. The number of H-pyrrole nitrogens is 2. The van der Waals surface area contributed by atoms with Crippen LogP contribution in [0.5, 0.6) is 0 Å². The number of nitrogens with one attached hydrogen (secondary N) is 2. The smallest absolute Gasteiger partial charge is 0.138 e. The third-order valence-corrected chi connectivity index (χ3v) is 6.25. The molecule has 0 spiro atoms. The second kappa shape index (κ2) is 6.60. The van der Waals surface area contributed by atoms with Crippen molar-refractivity contribution in [1.82, 2.24) is 30.1 Å². The van der Waals surface area contributed by atoms with Gasteiger partial charge in [-0.3, -0.25) is 15.1 Å². The molecule has 0 unspecified atom stereocenters. The van der Waals surface area contributed by atoms with Crippen molar-refractivity contribution in [2.75, 3.05) is 0 Å². The van der Waals surface area contributed by atoms with E-state index in [2.05, 4.69) is 67.4 Å². The van der Waals surface area contributed by atoms with Gasteiger partial charge in [0.25, 0.3) is 0 Å². The number of aromatic amines is 2. The van der Waals surface area contributed by atoms with Crippen molar-refractivity contribution in [1.29, 1.82) is 0 Å². The molecule has 7 heteroatoms. The van der Waals surface area contributed by atoms with Crippen molar-refractivity contribution in [3.8, 4) is 33.1 Å². The minimum absolute atomic E-state index is 0.834. The van der Waals surface area contributed by atoms with E-state index in [9.17, 15) is 0 Å². The van der Waals surface area contributed by atoms with Gasteiger partial charge in [-0.2, -0.15) is 5.10 Å². The van der Waals surface area contributed by atoms with Crippen LogP contribution < -0.4 is 0 Å². The number of hydrogen-bond acceptors (Lipinski definition) is 5. The zero-order valence-electron chi connectivity index (χ0n) is 16.0. The molecule has 1 aromatic carbocycles. The number of hydrogen-bond donors (Lipinski definition) is 2. The average molecular weight is 408 g/mol. The lowest BCUT2D eigenvalue weighted by molar-refractivity contribution is 1.12. The Hall–Kier alpha value is -3.84. The van der Waals surface area contributed by atoms with Gasteiger partial charge >= 0.3 is 0 Å². The summed E-state index contributed by atoms with van der Waals surface area (Å²) < 4.78 is 0. The summed E-state index contributed by atoms with van der Waals surface area (Å²) in [6.07, 6.45) is 6.99. The van der Waals surface area contributed by atoms with Gasteiger partial charge in [0.2, 0.25) is 0 Å². The molecule has 0 aliphatic carbocycles. The fourth-order valence-corrected chi connectivity index (χ4v) is 4.68. The first-order valence-electron chi connectivity index (χ1n) is 9.56. The average Bonchev–Trinajstić information content (AvgIpc) is 3.51. The van der Waals surface area contributed by atoms with Crippen LogP contribution in [0, 0.1) is 6.92 Å². The summed E-state index contributed by atoms with van der Waals surface area (Å²) in [5, 5.41) is 9.84. The highest BCUT2D eigenvalue weighted by Crippen LogP contribution is 2.36. The highest BCUT2D eigenvalue weighted by atomic mass is 32.1. The highest BCUT2D eigenvalue weighted by molar-refractivity contribution is 7.15. The van der Waals surface area contributed by atoms with E-state index in [1.807, 2.05) is 18.3 Å². The third kappa shape index (κ3) is 2.71. The first-order chi connectivity index (χ1) is 14.8. The maximum atomic E-state index is 4.58. The minimum atomic E-state index is 0.834. The van der Waals surface area contributed by atoms with Gasteiger partial charge in [-0.1, -0.05) is 6.07 Å². The lowest BCUT2D eigenvalue weighted by Crippen LogP contribution is -1.84. The van der Waals surface area contributed by atoms with Gasteiger partial charge in [0.1, 0.15) is 11.3 Å². The lowest BCUT2D eigenvalue weighted by atomic mass is 10.1. The van der Waals surface area contributed by atoms with E-state index in [1.54, 1.807) is 29.9 Å². The maximum absolute atomic E-state index is 4.58. The lowest BCUT2D eigenvalue weighted by Gasteiger charge is -2.00. The molecule has 0 amide bonds. The van der Waals surface area contributed by atoms with Crippen LogP contribution in [0.25, 0.3) is 55.0 Å². The first kappa shape index (κ1) is 17.1. The van der Waals surface area contributed by atoms with E-state index < -0.39 is 0 Å². The van der Waals surface area contributed by atoms with E-state index in [4.69, 9.17) is 0 Å². The standard InChI is InChI=1S/C23H16N6S/c1-13-2-5-21(30-13)15-6-7-26-23-16(15)11-19(27-23)22-17-10-14(3-4-18(17)28-29-22)20-12-24-8-9-25-20/h2-12H,1H3,(H,26,27)(H,28,29). The molecule has 6 nitrogen and oxygen atoms in total. The predicted molar refractivity (Wildman–Crippen MR) is 120 cm³/mol. The molecule has 0 atom stereocenters. The molecule has 144 valence electrons. The van der Waals surface area contributed by atoms with Crippen LogP contribution in [-0.2, 0) is 0 Å². The summed E-state index contributed by atoms with van der Waals surface area (Å²) >= 11 is 1.79. The molecular formula is C23H16N6S. The summed E-state index contributed by atoms with van der Waals surface area (Å²) in [7, 11) is 0. The fraction of sp³-hybridized carbons (Fsp3) is 0.0435. The van der Waals surface area contributed by atoms with Crippen molar-refractivity contribution in [2.24, 2.45) is 0 Å².